The third kappa shape index (κ3) is 5.09. The van der Waals surface area contributed by atoms with Crippen LogP contribution in [0, 0.1) is 0 Å². The molecule has 11 rings (SSSR count). The van der Waals surface area contributed by atoms with Gasteiger partial charge in [0.15, 0.2) is 17.5 Å². The van der Waals surface area contributed by atoms with Crippen LogP contribution in [0.5, 0.6) is 0 Å². The normalized spacial score (nSPS) is 16.6. The van der Waals surface area contributed by atoms with Gasteiger partial charge in [0.1, 0.15) is 11.2 Å². The van der Waals surface area contributed by atoms with Crippen molar-refractivity contribution in [3.63, 3.8) is 0 Å². The molecule has 1 unspecified atom stereocenters. The molecule has 2 heterocycles. The van der Waals surface area contributed by atoms with E-state index in [4.69, 9.17) is 19.4 Å². The number of fused-ring (bicyclic) bond motifs is 9. The molecule has 4 nitrogen and oxygen atoms in total. The van der Waals surface area contributed by atoms with E-state index < -0.39 is 0 Å². The minimum atomic E-state index is -0.0521. The number of benzene rings is 7. The van der Waals surface area contributed by atoms with E-state index in [9.17, 15) is 0 Å². The van der Waals surface area contributed by atoms with E-state index in [1.807, 2.05) is 54.6 Å². The number of rotatable bonds is 4. The summed E-state index contributed by atoms with van der Waals surface area (Å²) in [5, 5.41) is 2.18. The zero-order valence-corrected chi connectivity index (χ0v) is 31.6. The highest BCUT2D eigenvalue weighted by Crippen LogP contribution is 2.54. The van der Waals surface area contributed by atoms with Crippen LogP contribution in [0.15, 0.2) is 162 Å². The first-order valence-electron chi connectivity index (χ1n) is 19.6. The van der Waals surface area contributed by atoms with Crippen molar-refractivity contribution in [2.45, 2.75) is 44.4 Å². The third-order valence-corrected chi connectivity index (χ3v) is 12.5. The van der Waals surface area contributed by atoms with Gasteiger partial charge in [-0.1, -0.05) is 154 Å². The van der Waals surface area contributed by atoms with Crippen LogP contribution < -0.4 is 0 Å². The first-order valence-corrected chi connectivity index (χ1v) is 19.6. The molecular formula is C52H39N3O. The summed E-state index contributed by atoms with van der Waals surface area (Å²) >= 11 is 0. The van der Waals surface area contributed by atoms with Gasteiger partial charge < -0.3 is 4.42 Å². The second-order valence-corrected chi connectivity index (χ2v) is 16.0. The Labute approximate surface area is 326 Å². The second kappa shape index (κ2) is 12.4. The van der Waals surface area contributed by atoms with Gasteiger partial charge >= 0.3 is 0 Å². The van der Waals surface area contributed by atoms with E-state index in [2.05, 4.69) is 124 Å². The van der Waals surface area contributed by atoms with E-state index in [-0.39, 0.29) is 5.41 Å². The van der Waals surface area contributed by atoms with Crippen LogP contribution in [-0.4, -0.2) is 15.0 Å². The van der Waals surface area contributed by atoms with Crippen molar-refractivity contribution in [3.05, 3.63) is 186 Å². The van der Waals surface area contributed by atoms with Gasteiger partial charge in [-0.25, -0.2) is 15.0 Å². The molecule has 7 aromatic carbocycles. The predicted molar refractivity (Wildman–Crippen MR) is 228 cm³/mol. The van der Waals surface area contributed by atoms with E-state index >= 15 is 0 Å². The van der Waals surface area contributed by atoms with Crippen molar-refractivity contribution in [2.24, 2.45) is 0 Å². The number of hydrogen-bond donors (Lipinski definition) is 0. The molecule has 0 amide bonds. The van der Waals surface area contributed by atoms with Gasteiger partial charge in [0, 0.05) is 32.9 Å². The fraction of sp³-hybridized carbons (Fsp3) is 0.135. The lowest BCUT2D eigenvalue weighted by Gasteiger charge is -2.27. The largest absolute Gasteiger partial charge is 0.456 e. The molecule has 4 heteroatoms. The third-order valence-electron chi connectivity index (χ3n) is 12.5. The highest BCUT2D eigenvalue weighted by Gasteiger charge is 2.38. The molecule has 2 aliphatic carbocycles. The quantitative estimate of drug-likeness (QED) is 0.182. The zero-order valence-electron chi connectivity index (χ0n) is 31.6. The molecule has 2 aromatic heterocycles. The Morgan fingerprint density at radius 3 is 1.93 bits per heavy atom. The summed E-state index contributed by atoms with van der Waals surface area (Å²) in [6, 6.07) is 56.5. The summed E-state index contributed by atoms with van der Waals surface area (Å²) < 4.78 is 6.25. The average Bonchev–Trinajstić information content (AvgIpc) is 3.69. The summed E-state index contributed by atoms with van der Waals surface area (Å²) in [7, 11) is 0. The minimum absolute atomic E-state index is 0.0521. The van der Waals surface area contributed by atoms with Gasteiger partial charge in [-0.05, 0) is 92.6 Å². The Morgan fingerprint density at radius 2 is 1.12 bits per heavy atom. The first kappa shape index (κ1) is 32.8. The van der Waals surface area contributed by atoms with Crippen molar-refractivity contribution in [2.75, 3.05) is 0 Å². The Kier molecular flexibility index (Phi) is 7.28. The number of para-hydroxylation sites is 1. The van der Waals surface area contributed by atoms with Gasteiger partial charge in [0.2, 0.25) is 0 Å². The Bertz CT molecular complexity index is 2990. The molecule has 2 atom stereocenters. The van der Waals surface area contributed by atoms with E-state index in [0.29, 0.717) is 29.3 Å². The predicted octanol–water partition coefficient (Wildman–Crippen LogP) is 13.2. The molecular weight excluding hydrogens is 683 g/mol. The van der Waals surface area contributed by atoms with Gasteiger partial charge in [-0.15, -0.1) is 0 Å². The molecule has 0 fully saturated rings. The van der Waals surface area contributed by atoms with Crippen molar-refractivity contribution in [1.29, 1.82) is 0 Å². The molecule has 0 spiro atoms. The number of hydrogen-bond acceptors (Lipinski definition) is 4. The zero-order chi connectivity index (χ0) is 37.5. The van der Waals surface area contributed by atoms with Crippen LogP contribution in [0.25, 0.3) is 78.4 Å². The summed E-state index contributed by atoms with van der Waals surface area (Å²) in [5.41, 5.74) is 16.9. The molecule has 2 aliphatic rings. The Balaban J connectivity index is 0.997. The average molecular weight is 722 g/mol. The van der Waals surface area contributed by atoms with Crippen LogP contribution in [0.4, 0.5) is 0 Å². The van der Waals surface area contributed by atoms with Crippen LogP contribution in [0.3, 0.4) is 0 Å². The molecule has 0 bridgehead atoms. The molecule has 268 valence electrons. The van der Waals surface area contributed by atoms with Crippen molar-refractivity contribution in [1.82, 2.24) is 15.0 Å². The van der Waals surface area contributed by atoms with Crippen LogP contribution in [0.2, 0.25) is 0 Å². The number of aromatic nitrogens is 3. The molecule has 9 aromatic rings. The summed E-state index contributed by atoms with van der Waals surface area (Å²) in [5.74, 6) is 2.49. The number of furan rings is 1. The first-order chi connectivity index (χ1) is 27.4. The monoisotopic (exact) mass is 721 g/mol. The molecule has 56 heavy (non-hydrogen) atoms. The van der Waals surface area contributed by atoms with Crippen molar-refractivity contribution in [3.8, 4) is 56.4 Å². The maximum Gasteiger partial charge on any atom is 0.164 e. The summed E-state index contributed by atoms with van der Waals surface area (Å²) in [4.78, 5) is 15.1. The van der Waals surface area contributed by atoms with Crippen LogP contribution in [0.1, 0.15) is 60.4 Å². The standard InChI is InChI=1S/C52H39N3O/c1-31-41(27-35-15-7-8-16-37(35)43-29-44-38-17-9-11-19-45(38)52(2,3)46(44)30-42(31)43)32-21-23-34(24-22-32)50-53-49(33-13-5-4-6-14-33)54-51(55-50)36-25-26-40-39-18-10-12-20-47(39)56-48(40)28-36/h4-26,28-31,41H,27H2,1-3H3/t31-,41?/m1/s1. The highest BCUT2D eigenvalue weighted by atomic mass is 16.3. The Morgan fingerprint density at radius 1 is 0.500 bits per heavy atom. The van der Waals surface area contributed by atoms with Crippen LogP contribution >= 0.6 is 0 Å². The fourth-order valence-electron chi connectivity index (χ4n) is 9.47. The molecule has 0 N–H and O–H groups in total. The lowest BCUT2D eigenvalue weighted by atomic mass is 9.77. The smallest absolute Gasteiger partial charge is 0.164 e. The molecule has 0 saturated heterocycles. The van der Waals surface area contributed by atoms with Crippen LogP contribution in [-0.2, 0) is 11.8 Å². The van der Waals surface area contributed by atoms with E-state index in [0.717, 1.165) is 45.0 Å². The lowest BCUT2D eigenvalue weighted by Crippen LogP contribution is -2.16. The molecule has 0 aliphatic heterocycles. The molecule has 0 saturated carbocycles. The number of nitrogens with zero attached hydrogens (tertiary/aromatic N) is 3. The van der Waals surface area contributed by atoms with Gasteiger partial charge in [-0.2, -0.15) is 0 Å². The SMILES string of the molecule is C[C@H]1c2cc3c(cc2-c2ccccc2CC1c1ccc(-c2nc(-c4ccccc4)nc(-c4ccc5c(c4)oc4ccccc45)n2)cc1)-c1ccccc1C3(C)C. The van der Waals surface area contributed by atoms with Gasteiger partial charge in [-0.3, -0.25) is 0 Å². The summed E-state index contributed by atoms with van der Waals surface area (Å²) in [6.07, 6.45) is 0.967. The maximum absolute atomic E-state index is 6.25. The van der Waals surface area contributed by atoms with Gasteiger partial charge in [0.05, 0.1) is 0 Å². The maximum atomic E-state index is 6.25. The van der Waals surface area contributed by atoms with Gasteiger partial charge in [0.25, 0.3) is 0 Å². The fourth-order valence-corrected chi connectivity index (χ4v) is 9.47. The Hall–Kier alpha value is -6.65. The highest BCUT2D eigenvalue weighted by molar-refractivity contribution is 6.05. The van der Waals surface area contributed by atoms with E-state index in [1.54, 1.807) is 0 Å². The molecule has 0 radical (unpaired) electrons. The minimum Gasteiger partial charge on any atom is -0.456 e. The van der Waals surface area contributed by atoms with Crippen molar-refractivity contribution >= 4 is 21.9 Å². The topological polar surface area (TPSA) is 51.8 Å². The van der Waals surface area contributed by atoms with Crippen molar-refractivity contribution < 1.29 is 4.42 Å². The van der Waals surface area contributed by atoms with E-state index in [1.165, 1.54) is 50.1 Å². The summed E-state index contributed by atoms with van der Waals surface area (Å²) in [6.45, 7) is 7.18. The lowest BCUT2D eigenvalue weighted by molar-refractivity contribution is 0.577. The second-order valence-electron chi connectivity index (χ2n) is 16.0.